The van der Waals surface area contributed by atoms with Crippen LogP contribution in [0.4, 0.5) is 0 Å². The van der Waals surface area contributed by atoms with Gasteiger partial charge in [-0.15, -0.1) is 0 Å². The first-order valence-electron chi connectivity index (χ1n) is 12.9. The molecule has 10 atom stereocenters. The number of carbonyl (C=O) groups is 3. The van der Waals surface area contributed by atoms with Crippen LogP contribution in [0.5, 0.6) is 0 Å². The van der Waals surface area contributed by atoms with E-state index in [4.69, 9.17) is 0 Å². The van der Waals surface area contributed by atoms with Crippen LogP contribution in [0.15, 0.2) is 4.99 Å². The fourth-order valence-corrected chi connectivity index (χ4v) is 8.91. The smallest absolute Gasteiger partial charge is 0.179 e. The number of aliphatic hydroxyl groups excluding tert-OH is 1. The molecule has 1 aliphatic heterocycles. The van der Waals surface area contributed by atoms with Crippen molar-refractivity contribution in [3.8, 4) is 0 Å². The van der Waals surface area contributed by atoms with Crippen molar-refractivity contribution in [1.82, 2.24) is 0 Å². The Bertz CT molecular complexity index is 879. The van der Waals surface area contributed by atoms with Gasteiger partial charge < -0.3 is 5.11 Å². The van der Waals surface area contributed by atoms with Crippen LogP contribution in [0, 0.1) is 52.3 Å². The van der Waals surface area contributed by atoms with Crippen molar-refractivity contribution >= 4 is 23.1 Å². The standard InChI is InChI=1S/C27H39NO4/c1-14-9-22(28-13-14)25(32)15(2)18-5-6-19-17-11-23(30)21-10-16(29)7-8-26(21,3)20(17)12-24(31)27(18,19)4/h14-21,29H,5-13H2,1-4H3/t14-,15+,16+,17+,18-,19+,20+,21-,26-,27-/m1/s1. The van der Waals surface area contributed by atoms with Crippen LogP contribution in [0.3, 0.4) is 0 Å². The number of ketones is 3. The molecule has 5 aliphatic rings. The monoisotopic (exact) mass is 441 g/mol. The summed E-state index contributed by atoms with van der Waals surface area (Å²) in [6, 6.07) is 0. The molecule has 0 aromatic carbocycles. The second-order valence-electron chi connectivity index (χ2n) is 12.4. The average Bonchev–Trinajstić information content (AvgIpc) is 3.34. The minimum atomic E-state index is -0.515. The summed E-state index contributed by atoms with van der Waals surface area (Å²) in [5, 5.41) is 10.2. The van der Waals surface area contributed by atoms with Crippen LogP contribution in [-0.2, 0) is 14.4 Å². The number of carbonyl (C=O) groups excluding carboxylic acids is 3. The maximum atomic E-state index is 13.8. The van der Waals surface area contributed by atoms with Gasteiger partial charge in [-0.2, -0.15) is 0 Å². The Labute approximate surface area is 191 Å². The quantitative estimate of drug-likeness (QED) is 0.716. The van der Waals surface area contributed by atoms with Gasteiger partial charge in [0.2, 0.25) is 0 Å². The summed E-state index contributed by atoms with van der Waals surface area (Å²) in [7, 11) is 0. The lowest BCUT2D eigenvalue weighted by Crippen LogP contribution is -2.60. The first-order valence-corrected chi connectivity index (χ1v) is 12.9. The number of nitrogens with zero attached hydrogens (tertiary/aromatic N) is 1. The van der Waals surface area contributed by atoms with Crippen LogP contribution in [0.25, 0.3) is 0 Å². The summed E-state index contributed by atoms with van der Waals surface area (Å²) in [5.74, 6) is 1.58. The van der Waals surface area contributed by atoms with Gasteiger partial charge in [-0.3, -0.25) is 19.4 Å². The van der Waals surface area contributed by atoms with E-state index in [2.05, 4.69) is 25.8 Å². The van der Waals surface area contributed by atoms with Crippen molar-refractivity contribution in [2.24, 2.45) is 57.2 Å². The predicted molar refractivity (Wildman–Crippen MR) is 122 cm³/mol. The number of Topliss-reactive ketones (excluding diaryl/α,β-unsaturated/α-hetero) is 3. The molecule has 4 fully saturated rings. The second kappa shape index (κ2) is 7.58. The molecule has 5 nitrogen and oxygen atoms in total. The summed E-state index contributed by atoms with van der Waals surface area (Å²) < 4.78 is 0. The highest BCUT2D eigenvalue weighted by Crippen LogP contribution is 2.66. The molecule has 0 spiro atoms. The maximum Gasteiger partial charge on any atom is 0.179 e. The van der Waals surface area contributed by atoms with Gasteiger partial charge in [0.15, 0.2) is 5.78 Å². The molecule has 4 saturated carbocycles. The van der Waals surface area contributed by atoms with Crippen LogP contribution in [0.2, 0.25) is 0 Å². The third kappa shape index (κ3) is 3.05. The number of aliphatic hydroxyl groups is 1. The second-order valence-corrected chi connectivity index (χ2v) is 12.4. The molecule has 0 aromatic rings. The number of rotatable bonds is 3. The lowest BCUT2D eigenvalue weighted by molar-refractivity contribution is -0.169. The zero-order valence-electron chi connectivity index (χ0n) is 20.1. The third-order valence-corrected chi connectivity index (χ3v) is 10.8. The molecule has 1 N–H and O–H groups in total. The lowest BCUT2D eigenvalue weighted by Gasteiger charge is -2.59. The van der Waals surface area contributed by atoms with Gasteiger partial charge in [0.25, 0.3) is 0 Å². The van der Waals surface area contributed by atoms with Crippen molar-refractivity contribution in [3.63, 3.8) is 0 Å². The summed E-state index contributed by atoms with van der Waals surface area (Å²) in [6.45, 7) is 9.20. The van der Waals surface area contributed by atoms with Gasteiger partial charge in [0.1, 0.15) is 11.6 Å². The Kier molecular flexibility index (Phi) is 5.31. The minimum absolute atomic E-state index is 0.0425. The lowest BCUT2D eigenvalue weighted by atomic mass is 9.43. The van der Waals surface area contributed by atoms with E-state index >= 15 is 0 Å². The summed E-state index contributed by atoms with van der Waals surface area (Å²) in [6.07, 6.45) is 5.39. The summed E-state index contributed by atoms with van der Waals surface area (Å²) in [4.78, 5) is 44.9. The van der Waals surface area contributed by atoms with Crippen molar-refractivity contribution in [2.75, 3.05) is 6.54 Å². The maximum absolute atomic E-state index is 13.8. The molecule has 0 saturated heterocycles. The average molecular weight is 442 g/mol. The first-order chi connectivity index (χ1) is 15.1. The molecule has 5 heteroatoms. The van der Waals surface area contributed by atoms with E-state index in [1.807, 2.05) is 6.92 Å². The van der Waals surface area contributed by atoms with Crippen LogP contribution >= 0.6 is 0 Å². The van der Waals surface area contributed by atoms with E-state index in [0.717, 1.165) is 44.4 Å². The van der Waals surface area contributed by atoms with Crippen molar-refractivity contribution in [1.29, 1.82) is 0 Å². The molecule has 0 bridgehead atoms. The first kappa shape index (κ1) is 22.4. The Morgan fingerprint density at radius 3 is 2.53 bits per heavy atom. The highest BCUT2D eigenvalue weighted by molar-refractivity contribution is 6.41. The highest BCUT2D eigenvalue weighted by Gasteiger charge is 2.66. The molecule has 1 heterocycles. The molecular formula is C27H39NO4. The predicted octanol–water partition coefficient (Wildman–Crippen LogP) is 4.05. The van der Waals surface area contributed by atoms with Gasteiger partial charge in [-0.25, -0.2) is 0 Å². The zero-order chi connectivity index (χ0) is 23.0. The Morgan fingerprint density at radius 2 is 1.84 bits per heavy atom. The third-order valence-electron chi connectivity index (χ3n) is 10.8. The van der Waals surface area contributed by atoms with Crippen LogP contribution < -0.4 is 0 Å². The number of fused-ring (bicyclic) bond motifs is 5. The number of hydrogen-bond acceptors (Lipinski definition) is 5. The van der Waals surface area contributed by atoms with Gasteiger partial charge in [0.05, 0.1) is 11.8 Å². The van der Waals surface area contributed by atoms with E-state index < -0.39 is 5.41 Å². The Balaban J connectivity index is 1.43. The normalized spacial score (nSPS) is 49.2. The van der Waals surface area contributed by atoms with Gasteiger partial charge >= 0.3 is 0 Å². The van der Waals surface area contributed by atoms with E-state index in [1.54, 1.807) is 0 Å². The van der Waals surface area contributed by atoms with Crippen molar-refractivity contribution in [2.45, 2.75) is 85.2 Å². The molecule has 0 amide bonds. The molecule has 0 radical (unpaired) electrons. The number of hydrogen-bond donors (Lipinski definition) is 1. The van der Waals surface area contributed by atoms with Gasteiger partial charge in [-0.1, -0.05) is 27.7 Å². The largest absolute Gasteiger partial charge is 0.393 e. The Morgan fingerprint density at radius 1 is 1.09 bits per heavy atom. The molecule has 0 unspecified atom stereocenters. The molecular weight excluding hydrogens is 402 g/mol. The van der Waals surface area contributed by atoms with Crippen LogP contribution in [0.1, 0.15) is 79.1 Å². The molecule has 5 rings (SSSR count). The van der Waals surface area contributed by atoms with E-state index in [-0.39, 0.29) is 52.8 Å². The van der Waals surface area contributed by atoms with E-state index in [1.165, 1.54) is 0 Å². The molecule has 0 aromatic heterocycles. The molecule has 176 valence electrons. The van der Waals surface area contributed by atoms with Crippen molar-refractivity contribution < 1.29 is 19.5 Å². The molecule has 32 heavy (non-hydrogen) atoms. The zero-order valence-corrected chi connectivity index (χ0v) is 20.1. The van der Waals surface area contributed by atoms with Gasteiger partial charge in [-0.05, 0) is 73.5 Å². The van der Waals surface area contributed by atoms with E-state index in [9.17, 15) is 19.5 Å². The molecule has 4 aliphatic carbocycles. The minimum Gasteiger partial charge on any atom is -0.393 e. The highest BCUT2D eigenvalue weighted by atomic mass is 16.3. The number of aliphatic imine (C=N–C) groups is 1. The van der Waals surface area contributed by atoms with Gasteiger partial charge in [0, 0.05) is 36.6 Å². The SMILES string of the molecule is C[C@H]1CN=C(C(=O)[C@@H](C)[C@H]2CC[C@H]3[C@@H]4CC(=O)[C@H]5C[C@@H](O)CC[C@]5(C)[C@H]4CC(=O)[C@]23C)C1. The van der Waals surface area contributed by atoms with E-state index in [0.29, 0.717) is 36.7 Å². The topological polar surface area (TPSA) is 83.8 Å². The van der Waals surface area contributed by atoms with Crippen molar-refractivity contribution in [3.05, 3.63) is 0 Å². The summed E-state index contributed by atoms with van der Waals surface area (Å²) in [5.41, 5.74) is 0.0329. The fourth-order valence-electron chi connectivity index (χ4n) is 8.91. The van der Waals surface area contributed by atoms with Crippen LogP contribution in [-0.4, -0.2) is 40.8 Å². The Hall–Kier alpha value is -1.36. The fraction of sp³-hybridized carbons (Fsp3) is 0.852. The summed E-state index contributed by atoms with van der Waals surface area (Å²) >= 11 is 0.